The Morgan fingerprint density at radius 3 is 2.86 bits per heavy atom. The first-order valence-electron chi connectivity index (χ1n) is 7.61. The van der Waals surface area contributed by atoms with E-state index in [4.69, 9.17) is 0 Å². The molecule has 1 aliphatic heterocycles. The molecule has 0 spiro atoms. The Hall–Kier alpha value is -1.31. The second kappa shape index (κ2) is 6.85. The number of anilines is 1. The van der Waals surface area contributed by atoms with E-state index in [-0.39, 0.29) is 5.91 Å². The van der Waals surface area contributed by atoms with Crippen LogP contribution in [0.2, 0.25) is 0 Å². The molecule has 0 aromatic carbocycles. The number of thiazole rings is 2. The van der Waals surface area contributed by atoms with Crippen molar-refractivity contribution in [2.75, 3.05) is 18.4 Å². The molecular formula is C15H20N4OS2. The minimum Gasteiger partial charge on any atom is -0.317 e. The number of nitrogens with zero attached hydrogens (tertiary/aromatic N) is 2. The van der Waals surface area contributed by atoms with Gasteiger partial charge in [-0.15, -0.1) is 22.7 Å². The summed E-state index contributed by atoms with van der Waals surface area (Å²) in [5.41, 5.74) is 0.800. The molecule has 22 heavy (non-hydrogen) atoms. The molecule has 0 unspecified atom stereocenters. The third kappa shape index (κ3) is 3.37. The van der Waals surface area contributed by atoms with Gasteiger partial charge in [-0.25, -0.2) is 9.97 Å². The Labute approximate surface area is 138 Å². The van der Waals surface area contributed by atoms with Crippen LogP contribution in [-0.4, -0.2) is 29.0 Å². The lowest BCUT2D eigenvalue weighted by molar-refractivity contribution is 0.103. The number of nitrogens with one attached hydrogen (secondary N) is 2. The first kappa shape index (κ1) is 15.6. The standard InChI is InChI=1S/C15H20N4OS2/c1-3-12-18-9(2)13(22-12)14(20)19-15-17-8-11(21-15)10-4-6-16-7-5-10/h8,10,16H,3-7H2,1-2H3,(H,17,19,20). The largest absolute Gasteiger partial charge is 0.317 e. The van der Waals surface area contributed by atoms with Crippen LogP contribution in [0.5, 0.6) is 0 Å². The first-order chi connectivity index (χ1) is 10.7. The van der Waals surface area contributed by atoms with Crippen molar-refractivity contribution in [3.63, 3.8) is 0 Å². The predicted molar refractivity (Wildman–Crippen MR) is 91.1 cm³/mol. The Bertz CT molecular complexity index is 658. The van der Waals surface area contributed by atoms with Crippen molar-refractivity contribution in [3.05, 3.63) is 26.7 Å². The lowest BCUT2D eigenvalue weighted by Gasteiger charge is -2.20. The SMILES string of the molecule is CCc1nc(C)c(C(=O)Nc2ncc(C3CCNCC3)s2)s1. The van der Waals surface area contributed by atoms with E-state index >= 15 is 0 Å². The van der Waals surface area contributed by atoms with Crippen LogP contribution in [0.4, 0.5) is 5.13 Å². The smallest absolute Gasteiger partial charge is 0.269 e. The van der Waals surface area contributed by atoms with E-state index in [0.29, 0.717) is 15.9 Å². The predicted octanol–water partition coefficient (Wildman–Crippen LogP) is 3.19. The van der Waals surface area contributed by atoms with E-state index in [1.54, 1.807) is 11.3 Å². The molecule has 2 aromatic heterocycles. The number of hydrogen-bond acceptors (Lipinski definition) is 6. The van der Waals surface area contributed by atoms with Crippen molar-refractivity contribution < 1.29 is 4.79 Å². The second-order valence-corrected chi connectivity index (χ2v) is 7.57. The molecule has 2 aromatic rings. The van der Waals surface area contributed by atoms with Crippen LogP contribution < -0.4 is 10.6 Å². The summed E-state index contributed by atoms with van der Waals surface area (Å²) in [6, 6.07) is 0. The molecule has 0 atom stereocenters. The molecule has 0 aliphatic carbocycles. The Balaban J connectivity index is 1.68. The fourth-order valence-corrected chi connectivity index (χ4v) is 4.49. The molecular weight excluding hydrogens is 316 g/mol. The van der Waals surface area contributed by atoms with Crippen molar-refractivity contribution in [2.45, 2.75) is 39.0 Å². The lowest BCUT2D eigenvalue weighted by atomic mass is 9.97. The molecule has 7 heteroatoms. The van der Waals surface area contributed by atoms with E-state index in [2.05, 4.69) is 20.6 Å². The molecule has 1 aliphatic rings. The summed E-state index contributed by atoms with van der Waals surface area (Å²) < 4.78 is 0. The van der Waals surface area contributed by atoms with Crippen LogP contribution in [0.3, 0.4) is 0 Å². The third-order valence-corrected chi connectivity index (χ3v) is 6.21. The van der Waals surface area contributed by atoms with E-state index in [0.717, 1.165) is 43.1 Å². The summed E-state index contributed by atoms with van der Waals surface area (Å²) in [4.78, 5) is 23.1. The molecule has 5 nitrogen and oxygen atoms in total. The van der Waals surface area contributed by atoms with Gasteiger partial charge >= 0.3 is 0 Å². The van der Waals surface area contributed by atoms with Crippen molar-refractivity contribution in [2.24, 2.45) is 0 Å². The van der Waals surface area contributed by atoms with Gasteiger partial charge < -0.3 is 5.32 Å². The van der Waals surface area contributed by atoms with Gasteiger partial charge in [-0.1, -0.05) is 6.92 Å². The molecule has 2 N–H and O–H groups in total. The van der Waals surface area contributed by atoms with Crippen molar-refractivity contribution in [1.82, 2.24) is 15.3 Å². The molecule has 1 saturated heterocycles. The average molecular weight is 336 g/mol. The van der Waals surface area contributed by atoms with Crippen LogP contribution in [0, 0.1) is 6.92 Å². The summed E-state index contributed by atoms with van der Waals surface area (Å²) in [7, 11) is 0. The van der Waals surface area contributed by atoms with Gasteiger partial charge in [-0.3, -0.25) is 10.1 Å². The number of rotatable bonds is 4. The van der Waals surface area contributed by atoms with Gasteiger partial charge in [0.05, 0.1) is 10.7 Å². The summed E-state index contributed by atoms with van der Waals surface area (Å²) in [6.45, 7) is 6.05. The Morgan fingerprint density at radius 1 is 1.41 bits per heavy atom. The molecule has 0 saturated carbocycles. The van der Waals surface area contributed by atoms with Gasteiger partial charge in [-0.05, 0) is 45.2 Å². The van der Waals surface area contributed by atoms with E-state index in [1.807, 2.05) is 20.0 Å². The fourth-order valence-electron chi connectivity index (χ4n) is 2.61. The number of hydrogen-bond donors (Lipinski definition) is 2. The molecule has 0 bridgehead atoms. The van der Waals surface area contributed by atoms with Crippen molar-refractivity contribution >= 4 is 33.7 Å². The quantitative estimate of drug-likeness (QED) is 0.900. The zero-order valence-electron chi connectivity index (χ0n) is 12.8. The number of aromatic nitrogens is 2. The van der Waals surface area contributed by atoms with Gasteiger partial charge in [-0.2, -0.15) is 0 Å². The third-order valence-electron chi connectivity index (χ3n) is 3.84. The van der Waals surface area contributed by atoms with E-state index in [1.165, 1.54) is 16.2 Å². The second-order valence-electron chi connectivity index (χ2n) is 5.42. The highest BCUT2D eigenvalue weighted by molar-refractivity contribution is 7.16. The van der Waals surface area contributed by atoms with Crippen LogP contribution in [-0.2, 0) is 6.42 Å². The maximum absolute atomic E-state index is 12.4. The van der Waals surface area contributed by atoms with Gasteiger partial charge in [0, 0.05) is 11.1 Å². The van der Waals surface area contributed by atoms with Crippen LogP contribution in [0.1, 0.15) is 50.9 Å². The Morgan fingerprint density at radius 2 is 2.18 bits per heavy atom. The zero-order valence-corrected chi connectivity index (χ0v) is 14.4. The first-order valence-corrected chi connectivity index (χ1v) is 9.24. The summed E-state index contributed by atoms with van der Waals surface area (Å²) in [5, 5.41) is 7.97. The molecule has 118 valence electrons. The number of carbonyl (C=O) groups is 1. The van der Waals surface area contributed by atoms with E-state index in [9.17, 15) is 4.79 Å². The molecule has 3 heterocycles. The van der Waals surface area contributed by atoms with Crippen LogP contribution in [0.25, 0.3) is 0 Å². The van der Waals surface area contributed by atoms with Crippen molar-refractivity contribution in [3.8, 4) is 0 Å². The number of carbonyl (C=O) groups excluding carboxylic acids is 1. The molecule has 0 radical (unpaired) electrons. The van der Waals surface area contributed by atoms with Gasteiger partial charge in [0.1, 0.15) is 4.88 Å². The highest BCUT2D eigenvalue weighted by atomic mass is 32.1. The summed E-state index contributed by atoms with van der Waals surface area (Å²) >= 11 is 3.06. The highest BCUT2D eigenvalue weighted by Crippen LogP contribution is 2.32. The molecule has 1 amide bonds. The summed E-state index contributed by atoms with van der Waals surface area (Å²) in [5.74, 6) is 0.474. The topological polar surface area (TPSA) is 66.9 Å². The number of piperidine rings is 1. The average Bonchev–Trinajstić information content (AvgIpc) is 3.14. The molecule has 1 fully saturated rings. The fraction of sp³-hybridized carbons (Fsp3) is 0.533. The normalized spacial score (nSPS) is 15.9. The Kier molecular flexibility index (Phi) is 4.85. The zero-order chi connectivity index (χ0) is 15.5. The minimum atomic E-state index is -0.0964. The number of amides is 1. The highest BCUT2D eigenvalue weighted by Gasteiger charge is 2.20. The lowest BCUT2D eigenvalue weighted by Crippen LogP contribution is -2.26. The van der Waals surface area contributed by atoms with Gasteiger partial charge in [0.2, 0.25) is 0 Å². The minimum absolute atomic E-state index is 0.0964. The van der Waals surface area contributed by atoms with Crippen LogP contribution >= 0.6 is 22.7 Å². The molecule has 3 rings (SSSR count). The maximum Gasteiger partial charge on any atom is 0.269 e. The van der Waals surface area contributed by atoms with E-state index < -0.39 is 0 Å². The number of aryl methyl sites for hydroxylation is 2. The van der Waals surface area contributed by atoms with Crippen LogP contribution in [0.15, 0.2) is 6.20 Å². The van der Waals surface area contributed by atoms with Gasteiger partial charge in [0.25, 0.3) is 5.91 Å². The monoisotopic (exact) mass is 336 g/mol. The van der Waals surface area contributed by atoms with Gasteiger partial charge in [0.15, 0.2) is 5.13 Å². The van der Waals surface area contributed by atoms with Crippen molar-refractivity contribution in [1.29, 1.82) is 0 Å². The summed E-state index contributed by atoms with van der Waals surface area (Å²) in [6.07, 6.45) is 5.05. The maximum atomic E-state index is 12.4.